The highest BCUT2D eigenvalue weighted by Gasteiger charge is 2.19. The Morgan fingerprint density at radius 3 is 2.55 bits per heavy atom. The molecular weight excluding hydrogens is 260 g/mol. The molecule has 0 fully saturated rings. The van der Waals surface area contributed by atoms with Crippen LogP contribution in [0.5, 0.6) is 0 Å². The van der Waals surface area contributed by atoms with Crippen molar-refractivity contribution in [3.05, 3.63) is 28.3 Å². The topological polar surface area (TPSA) is 96.3 Å². The highest BCUT2D eigenvalue weighted by Crippen LogP contribution is 2.32. The van der Waals surface area contributed by atoms with Gasteiger partial charge in [0.25, 0.3) is 0 Å². The second-order valence-electron chi connectivity index (χ2n) is 4.76. The minimum Gasteiger partial charge on any atom is -0.382 e. The molecule has 0 saturated heterocycles. The van der Waals surface area contributed by atoms with Gasteiger partial charge in [0.2, 0.25) is 5.91 Å². The SMILES string of the molecule is CNc1cccc(NCC(=O)NCC(C)C)c1[N+](=O)[O-]. The predicted octanol–water partition coefficient (Wildman–Crippen LogP) is 1.82. The molecule has 0 unspecified atom stereocenters. The summed E-state index contributed by atoms with van der Waals surface area (Å²) in [4.78, 5) is 22.2. The number of nitrogens with zero attached hydrogens (tertiary/aromatic N) is 1. The molecule has 0 heterocycles. The summed E-state index contributed by atoms with van der Waals surface area (Å²) < 4.78 is 0. The normalized spacial score (nSPS) is 10.2. The predicted molar refractivity (Wildman–Crippen MR) is 79.0 cm³/mol. The van der Waals surface area contributed by atoms with Crippen LogP contribution in [0, 0.1) is 16.0 Å². The summed E-state index contributed by atoms with van der Waals surface area (Å²) in [6, 6.07) is 4.88. The van der Waals surface area contributed by atoms with Crippen molar-refractivity contribution in [2.45, 2.75) is 13.8 Å². The first-order chi connectivity index (χ1) is 9.45. The van der Waals surface area contributed by atoms with Crippen LogP contribution in [0.4, 0.5) is 17.1 Å². The molecule has 1 amide bonds. The smallest absolute Gasteiger partial charge is 0.315 e. The molecule has 0 aromatic heterocycles. The van der Waals surface area contributed by atoms with Crippen LogP contribution in [0.3, 0.4) is 0 Å². The van der Waals surface area contributed by atoms with E-state index in [0.717, 1.165) is 0 Å². The summed E-state index contributed by atoms with van der Waals surface area (Å²) in [5.74, 6) is 0.170. The molecule has 0 spiro atoms. The van der Waals surface area contributed by atoms with Crippen molar-refractivity contribution in [1.29, 1.82) is 0 Å². The number of hydrogen-bond donors (Lipinski definition) is 3. The van der Waals surface area contributed by atoms with Gasteiger partial charge in [0.15, 0.2) is 0 Å². The first-order valence-corrected chi connectivity index (χ1v) is 6.41. The zero-order valence-corrected chi connectivity index (χ0v) is 11.9. The number of benzene rings is 1. The van der Waals surface area contributed by atoms with Crippen LogP contribution in [-0.2, 0) is 4.79 Å². The molecule has 0 saturated carbocycles. The van der Waals surface area contributed by atoms with Gasteiger partial charge in [-0.25, -0.2) is 0 Å². The zero-order chi connectivity index (χ0) is 15.1. The second kappa shape index (κ2) is 7.32. The van der Waals surface area contributed by atoms with E-state index in [2.05, 4.69) is 16.0 Å². The molecule has 0 radical (unpaired) electrons. The fraction of sp³-hybridized carbons (Fsp3) is 0.462. The molecular formula is C13H20N4O3. The molecule has 0 aliphatic heterocycles. The number of carbonyl (C=O) groups is 1. The van der Waals surface area contributed by atoms with Gasteiger partial charge in [-0.3, -0.25) is 14.9 Å². The number of rotatable bonds is 7. The molecule has 20 heavy (non-hydrogen) atoms. The van der Waals surface area contributed by atoms with Gasteiger partial charge in [-0.1, -0.05) is 19.9 Å². The van der Waals surface area contributed by atoms with Crippen LogP contribution >= 0.6 is 0 Å². The van der Waals surface area contributed by atoms with Crippen molar-refractivity contribution in [2.75, 3.05) is 30.8 Å². The van der Waals surface area contributed by atoms with Crippen molar-refractivity contribution in [2.24, 2.45) is 5.92 Å². The molecule has 0 aliphatic rings. The maximum atomic E-state index is 11.6. The summed E-state index contributed by atoms with van der Waals surface area (Å²) in [6.45, 7) is 4.57. The third kappa shape index (κ3) is 4.42. The van der Waals surface area contributed by atoms with E-state index in [1.165, 1.54) is 0 Å². The number of amides is 1. The van der Waals surface area contributed by atoms with Crippen LogP contribution in [0.2, 0.25) is 0 Å². The summed E-state index contributed by atoms with van der Waals surface area (Å²) in [6.07, 6.45) is 0. The third-order valence-corrected chi connectivity index (χ3v) is 2.63. The standard InChI is InChI=1S/C13H20N4O3/c1-9(2)7-16-12(18)8-15-11-6-4-5-10(14-3)13(11)17(19)20/h4-6,9,14-15H,7-8H2,1-3H3,(H,16,18). The Labute approximate surface area is 117 Å². The fourth-order valence-electron chi connectivity index (χ4n) is 1.64. The molecule has 110 valence electrons. The molecule has 1 rings (SSSR count). The lowest BCUT2D eigenvalue weighted by Crippen LogP contribution is -2.32. The Morgan fingerprint density at radius 2 is 2.00 bits per heavy atom. The summed E-state index contributed by atoms with van der Waals surface area (Å²) in [5, 5.41) is 19.4. The van der Waals surface area contributed by atoms with Crippen LogP contribution < -0.4 is 16.0 Å². The van der Waals surface area contributed by atoms with Crippen LogP contribution in [0.1, 0.15) is 13.8 Å². The first kappa shape index (κ1) is 15.7. The monoisotopic (exact) mass is 280 g/mol. The average Bonchev–Trinajstić information content (AvgIpc) is 2.41. The summed E-state index contributed by atoms with van der Waals surface area (Å²) in [5.41, 5.74) is 0.663. The maximum absolute atomic E-state index is 11.6. The molecule has 7 heteroatoms. The Bertz CT molecular complexity index is 489. The average molecular weight is 280 g/mol. The first-order valence-electron chi connectivity index (χ1n) is 6.41. The van der Waals surface area contributed by atoms with E-state index in [-0.39, 0.29) is 18.1 Å². The number of nitrogens with one attached hydrogen (secondary N) is 3. The van der Waals surface area contributed by atoms with E-state index in [1.807, 2.05) is 13.8 Å². The lowest BCUT2D eigenvalue weighted by atomic mass is 10.2. The Kier molecular flexibility index (Phi) is 5.76. The van der Waals surface area contributed by atoms with Crippen molar-refractivity contribution >= 4 is 23.0 Å². The van der Waals surface area contributed by atoms with Crippen LogP contribution in [0.25, 0.3) is 0 Å². The Hall–Kier alpha value is -2.31. The molecule has 1 aromatic rings. The lowest BCUT2D eigenvalue weighted by Gasteiger charge is -2.11. The van der Waals surface area contributed by atoms with Gasteiger partial charge < -0.3 is 16.0 Å². The molecule has 0 atom stereocenters. The summed E-state index contributed by atoms with van der Waals surface area (Å²) in [7, 11) is 1.61. The minimum absolute atomic E-state index is 0.000722. The van der Waals surface area contributed by atoms with Crippen molar-refractivity contribution in [1.82, 2.24) is 5.32 Å². The van der Waals surface area contributed by atoms with E-state index in [4.69, 9.17) is 0 Å². The van der Waals surface area contributed by atoms with E-state index < -0.39 is 4.92 Å². The molecule has 0 bridgehead atoms. The van der Waals surface area contributed by atoms with Crippen molar-refractivity contribution in [3.63, 3.8) is 0 Å². The molecule has 7 nitrogen and oxygen atoms in total. The highest BCUT2D eigenvalue weighted by atomic mass is 16.6. The molecule has 3 N–H and O–H groups in total. The number of para-hydroxylation sites is 1. The number of nitro benzene ring substituents is 1. The quantitative estimate of drug-likeness (QED) is 0.523. The molecule has 1 aromatic carbocycles. The number of hydrogen-bond acceptors (Lipinski definition) is 5. The lowest BCUT2D eigenvalue weighted by molar-refractivity contribution is -0.383. The van der Waals surface area contributed by atoms with Crippen molar-refractivity contribution < 1.29 is 9.72 Å². The Balaban J connectivity index is 2.73. The van der Waals surface area contributed by atoms with E-state index in [0.29, 0.717) is 23.8 Å². The van der Waals surface area contributed by atoms with E-state index in [1.54, 1.807) is 25.2 Å². The van der Waals surface area contributed by atoms with E-state index in [9.17, 15) is 14.9 Å². The van der Waals surface area contributed by atoms with Gasteiger partial charge in [-0.15, -0.1) is 0 Å². The van der Waals surface area contributed by atoms with E-state index >= 15 is 0 Å². The van der Waals surface area contributed by atoms with Crippen molar-refractivity contribution in [3.8, 4) is 0 Å². The fourth-order valence-corrected chi connectivity index (χ4v) is 1.64. The Morgan fingerprint density at radius 1 is 1.35 bits per heavy atom. The maximum Gasteiger partial charge on any atom is 0.315 e. The van der Waals surface area contributed by atoms with Gasteiger partial charge >= 0.3 is 5.69 Å². The van der Waals surface area contributed by atoms with Gasteiger partial charge in [0.1, 0.15) is 11.4 Å². The van der Waals surface area contributed by atoms with Crippen LogP contribution in [0.15, 0.2) is 18.2 Å². The summed E-state index contributed by atoms with van der Waals surface area (Å²) >= 11 is 0. The van der Waals surface area contributed by atoms with Crippen LogP contribution in [-0.4, -0.2) is 31.0 Å². The zero-order valence-electron chi connectivity index (χ0n) is 11.9. The third-order valence-electron chi connectivity index (χ3n) is 2.63. The largest absolute Gasteiger partial charge is 0.382 e. The second-order valence-corrected chi connectivity index (χ2v) is 4.76. The molecule has 0 aliphatic carbocycles. The minimum atomic E-state index is -0.472. The van der Waals surface area contributed by atoms with Gasteiger partial charge in [-0.05, 0) is 18.1 Å². The van der Waals surface area contributed by atoms with Gasteiger partial charge in [-0.2, -0.15) is 0 Å². The number of nitro groups is 1. The number of carbonyl (C=O) groups excluding carboxylic acids is 1. The number of anilines is 2. The highest BCUT2D eigenvalue weighted by molar-refractivity contribution is 5.83. The van der Waals surface area contributed by atoms with Gasteiger partial charge in [0.05, 0.1) is 11.5 Å². The van der Waals surface area contributed by atoms with Gasteiger partial charge in [0, 0.05) is 13.6 Å².